The van der Waals surface area contributed by atoms with Crippen LogP contribution in [0, 0.1) is 11.8 Å². The van der Waals surface area contributed by atoms with Crippen LogP contribution in [-0.2, 0) is 0 Å². The third-order valence-corrected chi connectivity index (χ3v) is 4.83. The second kappa shape index (κ2) is 6.02. The molecule has 0 aromatic carbocycles. The van der Waals surface area contributed by atoms with E-state index in [2.05, 4.69) is 11.8 Å². The molecule has 0 aromatic heterocycles. The summed E-state index contributed by atoms with van der Waals surface area (Å²) in [6.45, 7) is 5.91. The smallest absolute Gasteiger partial charge is 0.00979 e. The van der Waals surface area contributed by atoms with Crippen LogP contribution in [0.4, 0.5) is 0 Å². The number of hydrogen-bond acceptors (Lipinski definition) is 2. The normalized spacial score (nSPS) is 33.4. The molecule has 2 nitrogen and oxygen atoms in total. The van der Waals surface area contributed by atoms with Gasteiger partial charge in [-0.1, -0.05) is 13.3 Å². The fourth-order valence-electron chi connectivity index (χ4n) is 3.59. The molecule has 2 atom stereocenters. The van der Waals surface area contributed by atoms with E-state index in [4.69, 9.17) is 5.73 Å². The Kier molecular flexibility index (Phi) is 4.66. The van der Waals surface area contributed by atoms with Crippen molar-refractivity contribution in [3.8, 4) is 0 Å². The van der Waals surface area contributed by atoms with Crippen molar-refractivity contribution < 1.29 is 0 Å². The van der Waals surface area contributed by atoms with E-state index in [9.17, 15) is 0 Å². The number of nitrogens with two attached hydrogens (primary N) is 1. The first-order valence-corrected chi connectivity index (χ1v) is 7.27. The van der Waals surface area contributed by atoms with Crippen LogP contribution in [0.2, 0.25) is 0 Å². The first-order chi connectivity index (χ1) is 7.83. The fraction of sp³-hybridized carbons (Fsp3) is 1.00. The van der Waals surface area contributed by atoms with Crippen LogP contribution >= 0.6 is 0 Å². The maximum atomic E-state index is 5.64. The molecule has 1 saturated heterocycles. The summed E-state index contributed by atoms with van der Waals surface area (Å²) < 4.78 is 0. The summed E-state index contributed by atoms with van der Waals surface area (Å²) in [5.74, 6) is 1.94. The van der Waals surface area contributed by atoms with E-state index in [-0.39, 0.29) is 0 Å². The Morgan fingerprint density at radius 1 is 1.06 bits per heavy atom. The molecule has 2 heteroatoms. The highest BCUT2D eigenvalue weighted by Gasteiger charge is 2.30. The minimum atomic E-state index is 0.881. The largest absolute Gasteiger partial charge is 0.330 e. The summed E-state index contributed by atoms with van der Waals surface area (Å²) in [5, 5.41) is 0. The van der Waals surface area contributed by atoms with Gasteiger partial charge in [0, 0.05) is 6.04 Å². The van der Waals surface area contributed by atoms with Gasteiger partial charge in [-0.25, -0.2) is 0 Å². The van der Waals surface area contributed by atoms with Crippen molar-refractivity contribution in [1.29, 1.82) is 0 Å². The molecule has 0 radical (unpaired) electrons. The zero-order valence-electron chi connectivity index (χ0n) is 10.8. The molecule has 16 heavy (non-hydrogen) atoms. The Morgan fingerprint density at radius 2 is 1.81 bits per heavy atom. The molecule has 2 rings (SSSR count). The molecule has 2 N–H and O–H groups in total. The Balaban J connectivity index is 1.72. The van der Waals surface area contributed by atoms with Crippen LogP contribution < -0.4 is 5.73 Å². The average molecular weight is 224 g/mol. The van der Waals surface area contributed by atoms with Crippen molar-refractivity contribution in [1.82, 2.24) is 4.90 Å². The second-order valence-electron chi connectivity index (χ2n) is 5.80. The summed E-state index contributed by atoms with van der Waals surface area (Å²) in [7, 11) is 0. The van der Waals surface area contributed by atoms with Gasteiger partial charge in [0.2, 0.25) is 0 Å². The molecular formula is C14H28N2. The second-order valence-corrected chi connectivity index (χ2v) is 5.80. The topological polar surface area (TPSA) is 29.3 Å². The van der Waals surface area contributed by atoms with Crippen molar-refractivity contribution in [2.24, 2.45) is 17.6 Å². The molecule has 0 spiro atoms. The van der Waals surface area contributed by atoms with Crippen LogP contribution in [0.1, 0.15) is 51.9 Å². The Hall–Kier alpha value is -0.0800. The zero-order chi connectivity index (χ0) is 11.4. The third kappa shape index (κ3) is 2.98. The first kappa shape index (κ1) is 12.4. The van der Waals surface area contributed by atoms with Gasteiger partial charge in [-0.05, 0) is 70.0 Å². The van der Waals surface area contributed by atoms with E-state index < -0.39 is 0 Å². The first-order valence-electron chi connectivity index (χ1n) is 7.27. The number of piperidine rings is 1. The number of nitrogens with zero attached hydrogens (tertiary/aromatic N) is 1. The van der Waals surface area contributed by atoms with Gasteiger partial charge in [-0.2, -0.15) is 0 Å². The number of hydrogen-bond donors (Lipinski definition) is 1. The lowest BCUT2D eigenvalue weighted by atomic mass is 9.92. The summed E-state index contributed by atoms with van der Waals surface area (Å²) >= 11 is 0. The van der Waals surface area contributed by atoms with Gasteiger partial charge in [0.25, 0.3) is 0 Å². The highest BCUT2D eigenvalue weighted by atomic mass is 15.2. The molecule has 2 unspecified atom stereocenters. The maximum absolute atomic E-state index is 5.64. The van der Waals surface area contributed by atoms with Gasteiger partial charge in [0.05, 0.1) is 0 Å². The molecular weight excluding hydrogens is 196 g/mol. The predicted molar refractivity (Wildman–Crippen MR) is 69.4 cm³/mol. The van der Waals surface area contributed by atoms with Gasteiger partial charge >= 0.3 is 0 Å². The molecule has 0 amide bonds. The van der Waals surface area contributed by atoms with Gasteiger partial charge in [0.1, 0.15) is 0 Å². The number of likely N-dealkylation sites (tertiary alicyclic amines) is 1. The minimum Gasteiger partial charge on any atom is -0.330 e. The van der Waals surface area contributed by atoms with Crippen LogP contribution in [-0.4, -0.2) is 30.6 Å². The summed E-state index contributed by atoms with van der Waals surface area (Å²) in [4.78, 5) is 2.77. The standard InChI is InChI=1S/C14H28N2/c1-2-12-3-4-14(11-12)16-9-6-13(5-8-15)7-10-16/h12-14H,2-11,15H2,1H3. The zero-order valence-corrected chi connectivity index (χ0v) is 10.8. The molecule has 1 heterocycles. The Morgan fingerprint density at radius 3 is 2.38 bits per heavy atom. The average Bonchev–Trinajstić information content (AvgIpc) is 2.79. The van der Waals surface area contributed by atoms with Crippen molar-refractivity contribution in [3.05, 3.63) is 0 Å². The van der Waals surface area contributed by atoms with Gasteiger partial charge in [-0.15, -0.1) is 0 Å². The SMILES string of the molecule is CCC1CCC(N2CCC(CCN)CC2)C1. The van der Waals surface area contributed by atoms with Gasteiger partial charge in [-0.3, -0.25) is 0 Å². The highest BCUT2D eigenvalue weighted by molar-refractivity contribution is 4.85. The van der Waals surface area contributed by atoms with E-state index in [0.29, 0.717) is 0 Å². The highest BCUT2D eigenvalue weighted by Crippen LogP contribution is 2.33. The van der Waals surface area contributed by atoms with Crippen LogP contribution in [0.3, 0.4) is 0 Å². The molecule has 0 bridgehead atoms. The lowest BCUT2D eigenvalue weighted by Crippen LogP contribution is -2.40. The number of rotatable bonds is 4. The van der Waals surface area contributed by atoms with E-state index in [1.807, 2.05) is 0 Å². The molecule has 2 aliphatic rings. The molecule has 0 aromatic rings. The van der Waals surface area contributed by atoms with Crippen molar-refractivity contribution in [2.75, 3.05) is 19.6 Å². The summed E-state index contributed by atoms with van der Waals surface area (Å²) in [5.41, 5.74) is 5.64. The van der Waals surface area contributed by atoms with Crippen LogP contribution in [0.15, 0.2) is 0 Å². The molecule has 94 valence electrons. The van der Waals surface area contributed by atoms with Crippen molar-refractivity contribution >= 4 is 0 Å². The fourth-order valence-corrected chi connectivity index (χ4v) is 3.59. The summed E-state index contributed by atoms with van der Waals surface area (Å²) in [6.07, 6.45) is 9.83. The quantitative estimate of drug-likeness (QED) is 0.795. The predicted octanol–water partition coefficient (Wildman–Crippen LogP) is 2.63. The van der Waals surface area contributed by atoms with E-state index in [0.717, 1.165) is 24.4 Å². The molecule has 2 fully saturated rings. The van der Waals surface area contributed by atoms with Crippen LogP contribution in [0.25, 0.3) is 0 Å². The maximum Gasteiger partial charge on any atom is 0.00979 e. The molecule has 1 aliphatic carbocycles. The van der Waals surface area contributed by atoms with Gasteiger partial charge in [0.15, 0.2) is 0 Å². The summed E-state index contributed by atoms with van der Waals surface area (Å²) in [6, 6.07) is 0.920. The Labute approximate surface area is 101 Å². The van der Waals surface area contributed by atoms with E-state index in [1.165, 1.54) is 58.0 Å². The van der Waals surface area contributed by atoms with Crippen molar-refractivity contribution in [3.63, 3.8) is 0 Å². The third-order valence-electron chi connectivity index (χ3n) is 4.83. The lowest BCUT2D eigenvalue weighted by Gasteiger charge is -2.36. The molecule has 1 aliphatic heterocycles. The lowest BCUT2D eigenvalue weighted by molar-refractivity contribution is 0.129. The van der Waals surface area contributed by atoms with Crippen molar-refractivity contribution in [2.45, 2.75) is 57.9 Å². The van der Waals surface area contributed by atoms with Crippen LogP contribution in [0.5, 0.6) is 0 Å². The minimum absolute atomic E-state index is 0.881. The monoisotopic (exact) mass is 224 g/mol. The Bertz CT molecular complexity index is 197. The van der Waals surface area contributed by atoms with E-state index >= 15 is 0 Å². The molecule has 1 saturated carbocycles. The van der Waals surface area contributed by atoms with Gasteiger partial charge < -0.3 is 10.6 Å². The van der Waals surface area contributed by atoms with E-state index in [1.54, 1.807) is 0 Å².